The highest BCUT2D eigenvalue weighted by Gasteiger charge is 2.48. The van der Waals surface area contributed by atoms with E-state index in [1.54, 1.807) is 4.90 Å². The Morgan fingerprint density at radius 2 is 2.17 bits per heavy atom. The Morgan fingerprint density at radius 3 is 2.72 bits per heavy atom. The number of nitrogens with zero attached hydrogens (tertiary/aromatic N) is 1. The zero-order valence-corrected chi connectivity index (χ0v) is 11.8. The van der Waals surface area contributed by atoms with Gasteiger partial charge in [-0.05, 0) is 33.6 Å². The first-order chi connectivity index (χ1) is 8.34. The summed E-state index contributed by atoms with van der Waals surface area (Å²) in [6.45, 7) is 9.99. The van der Waals surface area contributed by atoms with Crippen molar-refractivity contribution in [3.63, 3.8) is 0 Å². The minimum absolute atomic E-state index is 0.0514. The van der Waals surface area contributed by atoms with Gasteiger partial charge in [-0.1, -0.05) is 6.92 Å². The quantitative estimate of drug-likeness (QED) is 0.776. The number of hydrogen-bond acceptors (Lipinski definition) is 4. The van der Waals surface area contributed by atoms with Crippen molar-refractivity contribution in [2.45, 2.75) is 57.9 Å². The van der Waals surface area contributed by atoms with E-state index in [4.69, 9.17) is 9.47 Å². The van der Waals surface area contributed by atoms with Crippen molar-refractivity contribution in [3.05, 3.63) is 0 Å². The molecule has 2 aliphatic heterocycles. The first-order valence-electron chi connectivity index (χ1n) is 6.71. The van der Waals surface area contributed by atoms with Crippen molar-refractivity contribution in [2.75, 3.05) is 19.7 Å². The van der Waals surface area contributed by atoms with Crippen LogP contribution in [0.15, 0.2) is 0 Å². The van der Waals surface area contributed by atoms with Crippen molar-refractivity contribution in [1.29, 1.82) is 0 Å². The minimum Gasteiger partial charge on any atom is -0.444 e. The molecule has 2 rings (SSSR count). The summed E-state index contributed by atoms with van der Waals surface area (Å²) in [7, 11) is 0. The molecule has 104 valence electrons. The van der Waals surface area contributed by atoms with Gasteiger partial charge in [-0.3, -0.25) is 5.32 Å². The predicted octanol–water partition coefficient (Wildman–Crippen LogP) is 1.72. The molecule has 2 heterocycles. The lowest BCUT2D eigenvalue weighted by molar-refractivity contribution is -0.0995. The van der Waals surface area contributed by atoms with Crippen LogP contribution in [-0.4, -0.2) is 48.1 Å². The highest BCUT2D eigenvalue weighted by molar-refractivity contribution is 5.69. The molecule has 0 saturated carbocycles. The molecular weight excluding hydrogens is 232 g/mol. The van der Waals surface area contributed by atoms with Gasteiger partial charge in [-0.2, -0.15) is 0 Å². The minimum atomic E-state index is -0.422. The van der Waals surface area contributed by atoms with Gasteiger partial charge < -0.3 is 14.4 Å². The zero-order valence-electron chi connectivity index (χ0n) is 11.8. The van der Waals surface area contributed by atoms with Crippen LogP contribution in [0.2, 0.25) is 0 Å². The third kappa shape index (κ3) is 2.95. The second-order valence-electron chi connectivity index (χ2n) is 6.28. The van der Waals surface area contributed by atoms with Crippen LogP contribution in [0.4, 0.5) is 4.79 Å². The molecule has 0 aromatic rings. The molecule has 1 spiro atoms. The third-order valence-electron chi connectivity index (χ3n) is 3.38. The molecule has 18 heavy (non-hydrogen) atoms. The third-order valence-corrected chi connectivity index (χ3v) is 3.38. The number of ether oxygens (including phenoxy) is 2. The SMILES string of the molecule is CCC1NC2(CCO1)CN(C(=O)OC(C)(C)C)C2. The van der Waals surface area contributed by atoms with E-state index in [9.17, 15) is 4.79 Å². The predicted molar refractivity (Wildman–Crippen MR) is 68.3 cm³/mol. The van der Waals surface area contributed by atoms with Crippen molar-refractivity contribution >= 4 is 6.09 Å². The molecular formula is C13H24N2O3. The van der Waals surface area contributed by atoms with Crippen LogP contribution in [-0.2, 0) is 9.47 Å². The molecule has 0 aromatic carbocycles. The molecule has 1 N–H and O–H groups in total. The van der Waals surface area contributed by atoms with E-state index < -0.39 is 5.60 Å². The average Bonchev–Trinajstić information content (AvgIpc) is 2.23. The van der Waals surface area contributed by atoms with Crippen molar-refractivity contribution in [2.24, 2.45) is 0 Å². The largest absolute Gasteiger partial charge is 0.444 e. The Morgan fingerprint density at radius 1 is 1.50 bits per heavy atom. The van der Waals surface area contributed by atoms with Gasteiger partial charge in [0, 0.05) is 13.1 Å². The maximum absolute atomic E-state index is 11.9. The highest BCUT2D eigenvalue weighted by Crippen LogP contribution is 2.30. The molecule has 2 aliphatic rings. The fourth-order valence-electron chi connectivity index (χ4n) is 2.46. The van der Waals surface area contributed by atoms with E-state index in [2.05, 4.69) is 12.2 Å². The number of carbonyl (C=O) groups excluding carboxylic acids is 1. The van der Waals surface area contributed by atoms with Crippen LogP contribution in [0.5, 0.6) is 0 Å². The van der Waals surface area contributed by atoms with Gasteiger partial charge >= 0.3 is 6.09 Å². The van der Waals surface area contributed by atoms with Gasteiger partial charge in [0.2, 0.25) is 0 Å². The Hall–Kier alpha value is -0.810. The lowest BCUT2D eigenvalue weighted by atomic mass is 9.85. The standard InChI is InChI=1S/C13H24N2O3/c1-5-10-14-13(6-7-17-10)8-15(9-13)11(16)18-12(2,3)4/h10,14H,5-9H2,1-4H3. The summed E-state index contributed by atoms with van der Waals surface area (Å²) in [6.07, 6.45) is 1.82. The van der Waals surface area contributed by atoms with E-state index >= 15 is 0 Å². The first-order valence-corrected chi connectivity index (χ1v) is 6.71. The normalized spacial score (nSPS) is 26.9. The first kappa shape index (κ1) is 13.6. The summed E-state index contributed by atoms with van der Waals surface area (Å²) < 4.78 is 10.9. The van der Waals surface area contributed by atoms with Crippen LogP contribution in [0.3, 0.4) is 0 Å². The molecule has 0 bridgehead atoms. The van der Waals surface area contributed by atoms with Crippen LogP contribution >= 0.6 is 0 Å². The second kappa shape index (κ2) is 4.70. The number of likely N-dealkylation sites (tertiary alicyclic amines) is 1. The van der Waals surface area contributed by atoms with Crippen LogP contribution in [0.25, 0.3) is 0 Å². The molecule has 0 radical (unpaired) electrons. The Labute approximate surface area is 109 Å². The summed E-state index contributed by atoms with van der Waals surface area (Å²) in [4.78, 5) is 13.6. The van der Waals surface area contributed by atoms with Crippen molar-refractivity contribution in [3.8, 4) is 0 Å². The number of nitrogens with one attached hydrogen (secondary N) is 1. The summed E-state index contributed by atoms with van der Waals surface area (Å²) in [5.74, 6) is 0. The molecule has 5 nitrogen and oxygen atoms in total. The maximum atomic E-state index is 11.9. The van der Waals surface area contributed by atoms with Crippen LogP contribution in [0.1, 0.15) is 40.5 Å². The fourth-order valence-corrected chi connectivity index (χ4v) is 2.46. The van der Waals surface area contributed by atoms with Crippen molar-refractivity contribution in [1.82, 2.24) is 10.2 Å². The number of rotatable bonds is 1. The van der Waals surface area contributed by atoms with Gasteiger partial charge in [-0.15, -0.1) is 0 Å². The monoisotopic (exact) mass is 256 g/mol. The molecule has 2 fully saturated rings. The molecule has 1 amide bonds. The van der Waals surface area contributed by atoms with Crippen LogP contribution in [0, 0.1) is 0 Å². The second-order valence-corrected chi connectivity index (χ2v) is 6.28. The van der Waals surface area contributed by atoms with E-state index in [1.807, 2.05) is 20.8 Å². The van der Waals surface area contributed by atoms with Crippen LogP contribution < -0.4 is 5.32 Å². The molecule has 0 aromatic heterocycles. The number of amides is 1. The molecule has 1 unspecified atom stereocenters. The lowest BCUT2D eigenvalue weighted by Crippen LogP contribution is -2.74. The summed E-state index contributed by atoms with van der Waals surface area (Å²) in [5, 5.41) is 3.49. The maximum Gasteiger partial charge on any atom is 0.410 e. The Kier molecular flexibility index (Phi) is 3.56. The van der Waals surface area contributed by atoms with Gasteiger partial charge in [0.15, 0.2) is 0 Å². The molecule has 2 saturated heterocycles. The summed E-state index contributed by atoms with van der Waals surface area (Å²) in [5.41, 5.74) is -0.370. The smallest absolute Gasteiger partial charge is 0.410 e. The fraction of sp³-hybridized carbons (Fsp3) is 0.923. The topological polar surface area (TPSA) is 50.8 Å². The van der Waals surface area contributed by atoms with E-state index in [1.165, 1.54) is 0 Å². The number of carbonyl (C=O) groups is 1. The number of hydrogen-bond donors (Lipinski definition) is 1. The zero-order chi connectivity index (χ0) is 13.4. The van der Waals surface area contributed by atoms with E-state index in [0.29, 0.717) is 0 Å². The lowest BCUT2D eigenvalue weighted by Gasteiger charge is -2.53. The average molecular weight is 256 g/mol. The highest BCUT2D eigenvalue weighted by atomic mass is 16.6. The Balaban J connectivity index is 1.84. The van der Waals surface area contributed by atoms with Crippen molar-refractivity contribution < 1.29 is 14.3 Å². The summed E-state index contributed by atoms with van der Waals surface area (Å²) >= 11 is 0. The van der Waals surface area contributed by atoms with E-state index in [0.717, 1.165) is 32.5 Å². The van der Waals surface area contributed by atoms with Gasteiger partial charge in [0.25, 0.3) is 0 Å². The molecule has 1 atom stereocenters. The molecule has 0 aliphatic carbocycles. The summed E-state index contributed by atoms with van der Waals surface area (Å²) in [6, 6.07) is 0. The molecule has 5 heteroatoms. The van der Waals surface area contributed by atoms with E-state index in [-0.39, 0.29) is 17.9 Å². The van der Waals surface area contributed by atoms with Gasteiger partial charge in [0.05, 0.1) is 12.1 Å². The van der Waals surface area contributed by atoms with Gasteiger partial charge in [-0.25, -0.2) is 4.79 Å². The van der Waals surface area contributed by atoms with Gasteiger partial charge in [0.1, 0.15) is 11.8 Å². The Bertz CT molecular complexity index is 319.